The first kappa shape index (κ1) is 28.6. The van der Waals surface area contributed by atoms with E-state index in [0.29, 0.717) is 57.9 Å². The number of halogens is 6. The van der Waals surface area contributed by atoms with Gasteiger partial charge in [0.05, 0.1) is 22.8 Å². The number of pyridine rings is 1. The molecule has 0 amide bonds. The number of nitriles is 1. The fourth-order valence-electron chi connectivity index (χ4n) is 5.43. The van der Waals surface area contributed by atoms with Crippen molar-refractivity contribution in [3.8, 4) is 6.07 Å². The van der Waals surface area contributed by atoms with Gasteiger partial charge in [-0.25, -0.2) is 9.98 Å². The minimum atomic E-state index is -4.56. The molecule has 5 rings (SSSR count). The fraction of sp³-hybridized carbons (Fsp3) is 0.464. The molecule has 2 aromatic rings. The van der Waals surface area contributed by atoms with Crippen LogP contribution in [0.3, 0.4) is 0 Å². The van der Waals surface area contributed by atoms with Gasteiger partial charge in [0.2, 0.25) is 0 Å². The quantitative estimate of drug-likeness (QED) is 0.463. The summed E-state index contributed by atoms with van der Waals surface area (Å²) >= 11 is 0. The second kappa shape index (κ2) is 11.5. The van der Waals surface area contributed by atoms with Gasteiger partial charge >= 0.3 is 12.4 Å². The van der Waals surface area contributed by atoms with Gasteiger partial charge in [0, 0.05) is 81.6 Å². The first-order valence-corrected chi connectivity index (χ1v) is 13.4. The van der Waals surface area contributed by atoms with E-state index in [1.54, 1.807) is 12.3 Å². The lowest BCUT2D eigenvalue weighted by atomic mass is 10.0. The van der Waals surface area contributed by atoms with Crippen LogP contribution in [0, 0.1) is 11.3 Å². The minimum Gasteiger partial charge on any atom is -0.382 e. The molecular formula is C28H29F6N7. The average Bonchev–Trinajstić information content (AvgIpc) is 2.97. The van der Waals surface area contributed by atoms with Crippen LogP contribution in [-0.4, -0.2) is 67.2 Å². The van der Waals surface area contributed by atoms with Crippen LogP contribution in [0.5, 0.6) is 0 Å². The maximum absolute atomic E-state index is 13.5. The number of piperidine rings is 1. The number of rotatable bonds is 4. The first-order valence-electron chi connectivity index (χ1n) is 13.4. The highest BCUT2D eigenvalue weighted by Crippen LogP contribution is 2.37. The van der Waals surface area contributed by atoms with Gasteiger partial charge in [-0.2, -0.15) is 31.6 Å². The molecule has 41 heavy (non-hydrogen) atoms. The fourth-order valence-corrected chi connectivity index (χ4v) is 5.43. The van der Waals surface area contributed by atoms with Crippen molar-refractivity contribution >= 4 is 23.0 Å². The van der Waals surface area contributed by atoms with Gasteiger partial charge in [0.25, 0.3) is 0 Å². The van der Waals surface area contributed by atoms with E-state index in [9.17, 15) is 26.3 Å². The third kappa shape index (κ3) is 6.69. The molecule has 0 spiro atoms. The molecule has 1 aromatic heterocycles. The summed E-state index contributed by atoms with van der Waals surface area (Å²) < 4.78 is 79.3. The normalized spacial score (nSPS) is 19.0. The van der Waals surface area contributed by atoms with Gasteiger partial charge in [0.1, 0.15) is 11.7 Å². The molecule has 3 aliphatic rings. The Kier molecular flexibility index (Phi) is 8.02. The molecule has 2 saturated heterocycles. The number of nitrogens with zero attached hydrogens (tertiary/aromatic N) is 6. The van der Waals surface area contributed by atoms with Gasteiger partial charge in [-0.3, -0.25) is 0 Å². The number of piperazine rings is 1. The molecule has 3 aliphatic heterocycles. The summed E-state index contributed by atoms with van der Waals surface area (Å²) in [5.74, 6) is 1.49. The van der Waals surface area contributed by atoms with Gasteiger partial charge in [-0.15, -0.1) is 0 Å². The molecule has 0 radical (unpaired) electrons. The summed E-state index contributed by atoms with van der Waals surface area (Å²) in [6.07, 6.45) is -4.73. The number of allylic oxidation sites excluding steroid dienone is 1. The van der Waals surface area contributed by atoms with E-state index in [2.05, 4.69) is 25.1 Å². The highest BCUT2D eigenvalue weighted by molar-refractivity contribution is 5.84. The second-order valence-corrected chi connectivity index (χ2v) is 10.3. The molecule has 218 valence electrons. The summed E-state index contributed by atoms with van der Waals surface area (Å²) in [5, 5.41) is 12.0. The SMILES string of the molecule is N#Cc1ccc(NC2CCN(c3ccnc(N4CCN(C5=NC=C(C(F)(F)F)CC5)CC4)c3)CC2)c(C(F)(F)F)c1. The Morgan fingerprint density at radius 2 is 1.54 bits per heavy atom. The van der Waals surface area contributed by atoms with Crippen molar-refractivity contribution in [2.45, 2.75) is 44.1 Å². The van der Waals surface area contributed by atoms with Crippen molar-refractivity contribution in [2.24, 2.45) is 4.99 Å². The van der Waals surface area contributed by atoms with E-state index < -0.39 is 23.5 Å². The van der Waals surface area contributed by atoms with Gasteiger partial charge in [-0.05, 0) is 43.5 Å². The third-order valence-electron chi connectivity index (χ3n) is 7.72. The summed E-state index contributed by atoms with van der Waals surface area (Å²) in [6, 6.07) is 9.11. The van der Waals surface area contributed by atoms with Crippen molar-refractivity contribution in [1.82, 2.24) is 9.88 Å². The number of nitrogens with one attached hydrogen (secondary N) is 1. The zero-order valence-corrected chi connectivity index (χ0v) is 22.1. The van der Waals surface area contributed by atoms with Crippen LogP contribution in [0.25, 0.3) is 0 Å². The monoisotopic (exact) mass is 577 g/mol. The summed E-state index contributed by atoms with van der Waals surface area (Å²) in [6.45, 7) is 3.88. The third-order valence-corrected chi connectivity index (χ3v) is 7.72. The smallest absolute Gasteiger partial charge is 0.382 e. The zero-order chi connectivity index (χ0) is 29.2. The Labute approximate surface area is 233 Å². The van der Waals surface area contributed by atoms with Gasteiger partial charge in [0.15, 0.2) is 0 Å². The zero-order valence-electron chi connectivity index (χ0n) is 22.1. The molecule has 0 unspecified atom stereocenters. The Bertz CT molecular complexity index is 1340. The predicted octanol–water partition coefficient (Wildman–Crippen LogP) is 5.81. The Balaban J connectivity index is 1.16. The Morgan fingerprint density at radius 1 is 0.829 bits per heavy atom. The van der Waals surface area contributed by atoms with E-state index in [4.69, 9.17) is 5.26 Å². The maximum Gasteiger partial charge on any atom is 0.418 e. The van der Waals surface area contributed by atoms with E-state index in [0.717, 1.165) is 23.8 Å². The Hall–Kier alpha value is -3.95. The molecule has 0 atom stereocenters. The predicted molar refractivity (Wildman–Crippen MR) is 144 cm³/mol. The Morgan fingerprint density at radius 3 is 2.15 bits per heavy atom. The van der Waals surface area contributed by atoms with Crippen LogP contribution >= 0.6 is 0 Å². The maximum atomic E-state index is 13.5. The highest BCUT2D eigenvalue weighted by Gasteiger charge is 2.36. The molecule has 0 bridgehead atoms. The average molecular weight is 578 g/mol. The number of anilines is 3. The van der Waals surface area contributed by atoms with Crippen LogP contribution in [0.2, 0.25) is 0 Å². The lowest BCUT2D eigenvalue weighted by Crippen LogP contribution is -2.49. The van der Waals surface area contributed by atoms with E-state index in [-0.39, 0.29) is 30.1 Å². The number of hydrogen-bond donors (Lipinski definition) is 1. The summed E-state index contributed by atoms with van der Waals surface area (Å²) in [4.78, 5) is 15.0. The molecule has 0 aliphatic carbocycles. The number of hydrogen-bond acceptors (Lipinski definition) is 7. The lowest BCUT2D eigenvalue weighted by molar-refractivity contribution is -0.137. The topological polar surface area (TPSA) is 70.8 Å². The van der Waals surface area contributed by atoms with E-state index >= 15 is 0 Å². The lowest BCUT2D eigenvalue weighted by Gasteiger charge is -2.38. The van der Waals surface area contributed by atoms with Gasteiger partial charge < -0.3 is 20.0 Å². The van der Waals surface area contributed by atoms with E-state index in [1.165, 1.54) is 12.1 Å². The molecule has 7 nitrogen and oxygen atoms in total. The van der Waals surface area contributed by atoms with Crippen LogP contribution < -0.4 is 15.1 Å². The molecule has 2 fully saturated rings. The van der Waals surface area contributed by atoms with Crippen LogP contribution in [0.4, 0.5) is 43.5 Å². The molecule has 13 heteroatoms. The van der Waals surface area contributed by atoms with Crippen molar-refractivity contribution in [3.63, 3.8) is 0 Å². The van der Waals surface area contributed by atoms with Crippen LogP contribution in [0.1, 0.15) is 36.8 Å². The van der Waals surface area contributed by atoms with Crippen molar-refractivity contribution in [2.75, 3.05) is 54.4 Å². The minimum absolute atomic E-state index is 0.0173. The largest absolute Gasteiger partial charge is 0.418 e. The summed E-state index contributed by atoms with van der Waals surface area (Å²) in [7, 11) is 0. The molecular weight excluding hydrogens is 548 g/mol. The van der Waals surface area contributed by atoms with E-state index in [1.807, 2.05) is 17.0 Å². The number of benzene rings is 1. The van der Waals surface area contributed by atoms with Crippen LogP contribution in [0.15, 0.2) is 53.3 Å². The molecule has 0 saturated carbocycles. The first-order chi connectivity index (χ1) is 19.5. The summed E-state index contributed by atoms with van der Waals surface area (Å²) in [5.41, 5.74) is -0.507. The van der Waals surface area contributed by atoms with Gasteiger partial charge in [-0.1, -0.05) is 0 Å². The van der Waals surface area contributed by atoms with Crippen molar-refractivity contribution in [1.29, 1.82) is 5.26 Å². The molecule has 1 N–H and O–H groups in total. The number of aliphatic imine (C=N–C) groups is 1. The highest BCUT2D eigenvalue weighted by atomic mass is 19.4. The number of aromatic nitrogens is 1. The number of alkyl halides is 6. The van der Waals surface area contributed by atoms with Crippen molar-refractivity contribution < 1.29 is 26.3 Å². The second-order valence-electron chi connectivity index (χ2n) is 10.3. The van der Waals surface area contributed by atoms with Crippen molar-refractivity contribution in [3.05, 3.63) is 59.4 Å². The molecule has 1 aromatic carbocycles. The molecule has 4 heterocycles. The standard InChI is InChI=1S/C28H29F6N7/c29-27(30,31)20-2-4-25(37-18-20)40-11-13-41(14-12-40)26-16-22(5-8-36-26)39-9-6-21(7-10-39)38-24-3-1-19(17-35)15-23(24)28(32,33)34/h1,3,5,8,15-16,18,21,38H,2,4,6-7,9-14H2. The van der Waals surface area contributed by atoms with Crippen LogP contribution in [-0.2, 0) is 6.18 Å². The number of amidine groups is 1.